The molecule has 0 unspecified atom stereocenters. The summed E-state index contributed by atoms with van der Waals surface area (Å²) in [5, 5.41) is 7.59. The minimum Gasteiger partial charge on any atom is -0.352 e. The highest BCUT2D eigenvalue weighted by atomic mass is 16.2. The van der Waals surface area contributed by atoms with Crippen molar-refractivity contribution in [3.05, 3.63) is 29.2 Å². The lowest BCUT2D eigenvalue weighted by atomic mass is 9.96. The van der Waals surface area contributed by atoms with Gasteiger partial charge in [0.25, 0.3) is 0 Å². The molecule has 0 aliphatic carbocycles. The molecule has 5 heterocycles. The maximum absolute atomic E-state index is 12.0. The molecular formula is C16H21N5O. The summed E-state index contributed by atoms with van der Waals surface area (Å²) in [6.45, 7) is 6.63. The quantitative estimate of drug-likeness (QED) is 0.900. The van der Waals surface area contributed by atoms with Gasteiger partial charge in [-0.3, -0.25) is 9.69 Å². The summed E-state index contributed by atoms with van der Waals surface area (Å²) in [6.07, 6.45) is 4.02. The molecule has 3 aliphatic heterocycles. The van der Waals surface area contributed by atoms with Gasteiger partial charge in [0, 0.05) is 42.6 Å². The Morgan fingerprint density at radius 3 is 3.00 bits per heavy atom. The van der Waals surface area contributed by atoms with Crippen LogP contribution in [0.5, 0.6) is 0 Å². The van der Waals surface area contributed by atoms with Gasteiger partial charge in [-0.15, -0.1) is 0 Å². The molecule has 3 saturated heterocycles. The first-order valence-electron chi connectivity index (χ1n) is 7.94. The number of amides is 1. The summed E-state index contributed by atoms with van der Waals surface area (Å²) < 4.78 is 1.90. The van der Waals surface area contributed by atoms with Gasteiger partial charge in [0.05, 0.1) is 12.1 Å². The molecule has 2 aromatic rings. The number of hydrogen-bond acceptors (Lipinski definition) is 4. The van der Waals surface area contributed by atoms with E-state index >= 15 is 0 Å². The number of rotatable bonds is 2. The van der Waals surface area contributed by atoms with Gasteiger partial charge in [-0.1, -0.05) is 0 Å². The fourth-order valence-electron chi connectivity index (χ4n) is 3.73. The largest absolute Gasteiger partial charge is 0.352 e. The van der Waals surface area contributed by atoms with Gasteiger partial charge in [-0.2, -0.15) is 5.10 Å². The fourth-order valence-corrected chi connectivity index (χ4v) is 3.73. The van der Waals surface area contributed by atoms with E-state index in [0.717, 1.165) is 55.1 Å². The lowest BCUT2D eigenvalue weighted by Crippen LogP contribution is -2.43. The average molecular weight is 299 g/mol. The third-order valence-electron chi connectivity index (χ3n) is 4.78. The Balaban J connectivity index is 1.63. The van der Waals surface area contributed by atoms with Crippen LogP contribution in [-0.4, -0.2) is 44.5 Å². The number of nitrogens with zero attached hydrogens (tertiary/aromatic N) is 4. The van der Waals surface area contributed by atoms with Crippen molar-refractivity contribution >= 4 is 11.6 Å². The van der Waals surface area contributed by atoms with Crippen molar-refractivity contribution in [2.75, 3.05) is 13.1 Å². The third-order valence-corrected chi connectivity index (χ3v) is 4.78. The Hall–Kier alpha value is -1.95. The van der Waals surface area contributed by atoms with Crippen molar-refractivity contribution in [1.29, 1.82) is 0 Å². The highest BCUT2D eigenvalue weighted by Crippen LogP contribution is 2.24. The summed E-state index contributed by atoms with van der Waals surface area (Å²) in [7, 11) is 0. The molecule has 0 spiro atoms. The topological polar surface area (TPSA) is 62.5 Å². The maximum atomic E-state index is 12.0. The van der Waals surface area contributed by atoms with Gasteiger partial charge in [0.2, 0.25) is 5.91 Å². The molecule has 2 bridgehead atoms. The van der Waals surface area contributed by atoms with Gasteiger partial charge >= 0.3 is 0 Å². The second-order valence-electron chi connectivity index (χ2n) is 6.62. The normalized spacial score (nSPS) is 25.5. The van der Waals surface area contributed by atoms with Crippen molar-refractivity contribution in [2.24, 2.45) is 5.92 Å². The summed E-state index contributed by atoms with van der Waals surface area (Å²) in [5.41, 5.74) is 4.19. The van der Waals surface area contributed by atoms with Crippen molar-refractivity contribution in [3.8, 4) is 0 Å². The van der Waals surface area contributed by atoms with E-state index in [-0.39, 0.29) is 11.8 Å². The van der Waals surface area contributed by atoms with Crippen LogP contribution in [0.1, 0.15) is 29.8 Å². The molecule has 1 N–H and O–H groups in total. The highest BCUT2D eigenvalue weighted by molar-refractivity contribution is 5.80. The van der Waals surface area contributed by atoms with Crippen LogP contribution in [0.25, 0.3) is 5.65 Å². The van der Waals surface area contributed by atoms with Crippen LogP contribution in [0.15, 0.2) is 12.3 Å². The van der Waals surface area contributed by atoms with E-state index in [4.69, 9.17) is 0 Å². The number of carbonyl (C=O) groups excluding carboxylic acids is 1. The van der Waals surface area contributed by atoms with E-state index in [1.807, 2.05) is 30.6 Å². The molecule has 0 aromatic carbocycles. The van der Waals surface area contributed by atoms with Crippen LogP contribution in [0.2, 0.25) is 0 Å². The molecule has 1 amide bonds. The average Bonchev–Trinajstić information content (AvgIpc) is 2.66. The van der Waals surface area contributed by atoms with Gasteiger partial charge in [-0.25, -0.2) is 9.50 Å². The zero-order valence-corrected chi connectivity index (χ0v) is 13.0. The number of hydrogen-bond donors (Lipinski definition) is 1. The summed E-state index contributed by atoms with van der Waals surface area (Å²) in [4.78, 5) is 19.0. The van der Waals surface area contributed by atoms with E-state index in [9.17, 15) is 4.79 Å². The van der Waals surface area contributed by atoms with Crippen LogP contribution in [0, 0.1) is 19.8 Å². The molecule has 2 aromatic heterocycles. The number of piperidine rings is 1. The monoisotopic (exact) mass is 299 g/mol. The van der Waals surface area contributed by atoms with Crippen LogP contribution in [-0.2, 0) is 11.3 Å². The Morgan fingerprint density at radius 1 is 1.32 bits per heavy atom. The molecular weight excluding hydrogens is 278 g/mol. The number of carbonyl (C=O) groups is 1. The maximum Gasteiger partial charge on any atom is 0.224 e. The van der Waals surface area contributed by atoms with Crippen molar-refractivity contribution < 1.29 is 4.79 Å². The zero-order valence-electron chi connectivity index (χ0n) is 13.0. The fraction of sp³-hybridized carbons (Fsp3) is 0.562. The van der Waals surface area contributed by atoms with Crippen LogP contribution >= 0.6 is 0 Å². The van der Waals surface area contributed by atoms with Crippen LogP contribution in [0.3, 0.4) is 0 Å². The molecule has 0 saturated carbocycles. The molecule has 6 heteroatoms. The Labute approximate surface area is 129 Å². The Morgan fingerprint density at radius 2 is 2.18 bits per heavy atom. The van der Waals surface area contributed by atoms with Gasteiger partial charge < -0.3 is 5.32 Å². The summed E-state index contributed by atoms with van der Waals surface area (Å²) in [6, 6.07) is 2.34. The molecule has 116 valence electrons. The molecule has 22 heavy (non-hydrogen) atoms. The standard InChI is InChI=1S/C16H21N5O/c1-10-5-11(2)21-15(18-10)13(6-17-21)8-20-7-12-3-4-14(9-20)19-16(12)22/h5-6,12,14H,3-4,7-9H2,1-2H3,(H,19,22)/t12-,14+/m0/s1. The second-order valence-corrected chi connectivity index (χ2v) is 6.62. The van der Waals surface area contributed by atoms with Crippen LogP contribution in [0.4, 0.5) is 0 Å². The molecule has 0 radical (unpaired) electrons. The van der Waals surface area contributed by atoms with E-state index in [2.05, 4.69) is 20.3 Å². The Bertz CT molecular complexity index is 737. The second kappa shape index (κ2) is 5.05. The molecule has 2 atom stereocenters. The smallest absolute Gasteiger partial charge is 0.224 e. The van der Waals surface area contributed by atoms with Crippen LogP contribution < -0.4 is 5.32 Å². The SMILES string of the molecule is Cc1cc(C)n2ncc(CN3C[C@H]4CC[C@@H](C3)C(=O)N4)c2n1. The number of fused-ring (bicyclic) bond motifs is 5. The molecule has 5 rings (SSSR count). The zero-order chi connectivity index (χ0) is 15.3. The van der Waals surface area contributed by atoms with Crippen molar-refractivity contribution in [3.63, 3.8) is 0 Å². The summed E-state index contributed by atoms with van der Waals surface area (Å²) in [5.74, 6) is 0.362. The predicted octanol–water partition coefficient (Wildman–Crippen LogP) is 1.06. The third kappa shape index (κ3) is 2.27. The molecule has 3 aliphatic rings. The van der Waals surface area contributed by atoms with E-state index in [0.29, 0.717) is 6.04 Å². The minimum atomic E-state index is 0.136. The van der Waals surface area contributed by atoms with Gasteiger partial charge in [0.1, 0.15) is 0 Å². The van der Waals surface area contributed by atoms with E-state index < -0.39 is 0 Å². The van der Waals surface area contributed by atoms with Gasteiger partial charge in [0.15, 0.2) is 5.65 Å². The molecule has 3 fully saturated rings. The first-order valence-corrected chi connectivity index (χ1v) is 7.94. The van der Waals surface area contributed by atoms with Crippen molar-refractivity contribution in [1.82, 2.24) is 24.8 Å². The van der Waals surface area contributed by atoms with Crippen molar-refractivity contribution in [2.45, 2.75) is 39.3 Å². The van der Waals surface area contributed by atoms with E-state index in [1.54, 1.807) is 0 Å². The summed E-state index contributed by atoms with van der Waals surface area (Å²) >= 11 is 0. The first-order chi connectivity index (χ1) is 10.6. The Kier molecular flexibility index (Phi) is 3.14. The lowest BCUT2D eigenvalue weighted by Gasteiger charge is -2.23. The lowest BCUT2D eigenvalue weighted by molar-refractivity contribution is -0.126. The highest BCUT2D eigenvalue weighted by Gasteiger charge is 2.34. The number of aryl methyl sites for hydroxylation is 2. The number of nitrogens with one attached hydrogen (secondary N) is 1. The molecule has 6 nitrogen and oxygen atoms in total. The first kappa shape index (κ1) is 13.7. The van der Waals surface area contributed by atoms with Gasteiger partial charge in [-0.05, 0) is 32.8 Å². The predicted molar refractivity (Wildman–Crippen MR) is 82.4 cm³/mol. The number of aromatic nitrogens is 3. The minimum absolute atomic E-state index is 0.136. The van der Waals surface area contributed by atoms with E-state index in [1.165, 1.54) is 0 Å².